The molecule has 0 aliphatic heterocycles. The van der Waals surface area contributed by atoms with Crippen molar-refractivity contribution in [3.05, 3.63) is 27.7 Å². The van der Waals surface area contributed by atoms with E-state index in [-0.39, 0.29) is 5.12 Å². The van der Waals surface area contributed by atoms with Gasteiger partial charge in [0.15, 0.2) is 5.12 Å². The van der Waals surface area contributed by atoms with E-state index in [1.807, 2.05) is 0 Å². The van der Waals surface area contributed by atoms with E-state index >= 15 is 0 Å². The lowest BCUT2D eigenvalue weighted by atomic mass is 10.2. The van der Waals surface area contributed by atoms with Gasteiger partial charge in [-0.25, -0.2) is 0 Å². The molecular formula is C12H11Cl2NOS. The summed E-state index contributed by atoms with van der Waals surface area (Å²) in [5.41, 5.74) is 6.68. The highest BCUT2D eigenvalue weighted by Crippen LogP contribution is 2.30. The van der Waals surface area contributed by atoms with Gasteiger partial charge in [-0.15, -0.1) is 0 Å². The topological polar surface area (TPSA) is 43.1 Å². The lowest BCUT2D eigenvalue weighted by molar-refractivity contribution is -0.109. The molecule has 1 aromatic carbocycles. The maximum absolute atomic E-state index is 10.7. The Morgan fingerprint density at radius 3 is 2.76 bits per heavy atom. The highest BCUT2D eigenvalue weighted by molar-refractivity contribution is 8.13. The zero-order valence-corrected chi connectivity index (χ0v) is 11.5. The Morgan fingerprint density at radius 2 is 2.12 bits per heavy atom. The van der Waals surface area contributed by atoms with Crippen molar-refractivity contribution in [3.8, 4) is 11.8 Å². The molecule has 0 fully saturated rings. The number of nitrogens with two attached hydrogens (primary N) is 1. The molecular weight excluding hydrogens is 277 g/mol. The summed E-state index contributed by atoms with van der Waals surface area (Å²) in [5.74, 6) is 6.53. The number of thioether (sulfide) groups is 1. The number of nitrogen functional groups attached to an aromatic ring is 1. The van der Waals surface area contributed by atoms with Gasteiger partial charge in [0, 0.05) is 24.7 Å². The first-order chi connectivity index (χ1) is 8.02. The van der Waals surface area contributed by atoms with Gasteiger partial charge in [-0.2, -0.15) is 0 Å². The quantitative estimate of drug-likeness (QED) is 0.513. The van der Waals surface area contributed by atoms with Gasteiger partial charge < -0.3 is 5.73 Å². The van der Waals surface area contributed by atoms with Crippen LogP contribution in [0.3, 0.4) is 0 Å². The maximum atomic E-state index is 10.7. The van der Waals surface area contributed by atoms with E-state index < -0.39 is 0 Å². The minimum absolute atomic E-state index is 0.0976. The first kappa shape index (κ1) is 14.2. The van der Waals surface area contributed by atoms with Crippen molar-refractivity contribution in [1.29, 1.82) is 0 Å². The van der Waals surface area contributed by atoms with E-state index in [4.69, 9.17) is 28.9 Å². The van der Waals surface area contributed by atoms with Crippen LogP contribution in [0.2, 0.25) is 10.0 Å². The van der Waals surface area contributed by atoms with E-state index in [1.54, 1.807) is 12.1 Å². The van der Waals surface area contributed by atoms with Crippen molar-refractivity contribution < 1.29 is 4.79 Å². The van der Waals surface area contributed by atoms with Gasteiger partial charge >= 0.3 is 0 Å². The fraction of sp³-hybridized carbons (Fsp3) is 0.250. The Morgan fingerprint density at radius 1 is 1.41 bits per heavy atom. The smallest absolute Gasteiger partial charge is 0.185 e. The molecule has 0 amide bonds. The maximum Gasteiger partial charge on any atom is 0.185 e. The number of benzene rings is 1. The van der Waals surface area contributed by atoms with Crippen LogP contribution in [0.4, 0.5) is 5.69 Å². The second-order valence-corrected chi connectivity index (χ2v) is 5.25. The largest absolute Gasteiger partial charge is 0.397 e. The third-order valence-electron chi connectivity index (χ3n) is 1.87. The molecule has 0 atom stereocenters. The van der Waals surface area contributed by atoms with E-state index in [2.05, 4.69) is 11.8 Å². The Balaban J connectivity index is 2.66. The second kappa shape index (κ2) is 6.80. The summed E-state index contributed by atoms with van der Waals surface area (Å²) >= 11 is 13.1. The first-order valence-electron chi connectivity index (χ1n) is 4.88. The molecule has 5 heteroatoms. The van der Waals surface area contributed by atoms with E-state index in [1.165, 1.54) is 18.7 Å². The Hall–Kier alpha value is -0.820. The number of carbonyl (C=O) groups excluding carboxylic acids is 1. The number of hydrogen-bond acceptors (Lipinski definition) is 3. The second-order valence-electron chi connectivity index (χ2n) is 3.22. The number of carbonyl (C=O) groups is 1. The van der Waals surface area contributed by atoms with E-state index in [0.717, 1.165) is 0 Å². The highest BCUT2D eigenvalue weighted by Gasteiger charge is 2.05. The Kier molecular flexibility index (Phi) is 5.70. The molecule has 0 radical (unpaired) electrons. The number of hydrogen-bond donors (Lipinski definition) is 1. The summed E-state index contributed by atoms with van der Waals surface area (Å²) in [6.07, 6.45) is 0.628. The van der Waals surface area contributed by atoms with Crippen LogP contribution in [0.25, 0.3) is 0 Å². The molecule has 0 unspecified atom stereocenters. The van der Waals surface area contributed by atoms with Crippen molar-refractivity contribution in [2.75, 3.05) is 11.5 Å². The van der Waals surface area contributed by atoms with Crippen LogP contribution < -0.4 is 5.73 Å². The molecule has 1 aromatic rings. The van der Waals surface area contributed by atoms with Crippen molar-refractivity contribution in [2.45, 2.75) is 13.3 Å². The van der Waals surface area contributed by atoms with Crippen molar-refractivity contribution in [3.63, 3.8) is 0 Å². The monoisotopic (exact) mass is 287 g/mol. The molecule has 90 valence electrons. The summed E-state index contributed by atoms with van der Waals surface area (Å²) in [5, 5.41) is 0.801. The summed E-state index contributed by atoms with van der Waals surface area (Å²) in [6.45, 7) is 1.54. The van der Waals surface area contributed by atoms with Crippen LogP contribution in [0.15, 0.2) is 12.1 Å². The molecule has 2 N–H and O–H groups in total. The summed E-state index contributed by atoms with van der Waals surface area (Å²) < 4.78 is 0. The number of rotatable bonds is 2. The summed E-state index contributed by atoms with van der Waals surface area (Å²) in [4.78, 5) is 10.7. The highest BCUT2D eigenvalue weighted by atomic mass is 35.5. The molecule has 0 aromatic heterocycles. The Bertz CT molecular complexity index is 491. The normalized spacial score (nSPS) is 9.59. The third-order valence-corrected chi connectivity index (χ3v) is 3.58. The summed E-state index contributed by atoms with van der Waals surface area (Å²) in [6, 6.07) is 3.40. The lowest BCUT2D eigenvalue weighted by Crippen LogP contribution is -1.89. The van der Waals surface area contributed by atoms with Crippen LogP contribution in [-0.4, -0.2) is 10.9 Å². The standard InChI is InChI=1S/C12H11Cl2NOS/c1-8(16)17-7-3-2-4-9-5-6-10(15)12(14)11(9)13/h5-6H,3,7,15H2,1H3. The zero-order chi connectivity index (χ0) is 12.8. The molecule has 0 bridgehead atoms. The SMILES string of the molecule is CC(=O)SCCC#Cc1ccc(N)c(Cl)c1Cl. The molecule has 0 aliphatic carbocycles. The van der Waals surface area contributed by atoms with Gasteiger partial charge in [0.2, 0.25) is 0 Å². The molecule has 1 rings (SSSR count). The van der Waals surface area contributed by atoms with Crippen LogP contribution >= 0.6 is 35.0 Å². The van der Waals surface area contributed by atoms with Gasteiger partial charge in [-0.05, 0) is 12.1 Å². The molecule has 17 heavy (non-hydrogen) atoms. The van der Waals surface area contributed by atoms with Gasteiger partial charge in [-0.3, -0.25) is 4.79 Å². The van der Waals surface area contributed by atoms with Crippen molar-refractivity contribution >= 4 is 45.8 Å². The van der Waals surface area contributed by atoms with Crippen LogP contribution in [0, 0.1) is 11.8 Å². The van der Waals surface area contributed by atoms with Gasteiger partial charge in [0.1, 0.15) is 0 Å². The molecule has 0 saturated heterocycles. The van der Waals surface area contributed by atoms with E-state index in [0.29, 0.717) is 33.5 Å². The molecule has 2 nitrogen and oxygen atoms in total. The predicted molar refractivity (Wildman–Crippen MR) is 75.5 cm³/mol. The summed E-state index contributed by atoms with van der Waals surface area (Å²) in [7, 11) is 0. The van der Waals surface area contributed by atoms with Crippen LogP contribution in [-0.2, 0) is 4.79 Å². The van der Waals surface area contributed by atoms with Crippen molar-refractivity contribution in [2.24, 2.45) is 0 Å². The van der Waals surface area contributed by atoms with Gasteiger partial charge in [0.25, 0.3) is 0 Å². The average Bonchev–Trinajstić information content (AvgIpc) is 2.28. The van der Waals surface area contributed by atoms with Crippen molar-refractivity contribution in [1.82, 2.24) is 0 Å². The Labute approximate surface area is 115 Å². The minimum atomic E-state index is 0.0976. The van der Waals surface area contributed by atoms with Gasteiger partial charge in [0.05, 0.1) is 15.7 Å². The zero-order valence-electron chi connectivity index (χ0n) is 9.22. The molecule has 0 heterocycles. The van der Waals surface area contributed by atoms with Crippen LogP contribution in [0.1, 0.15) is 18.9 Å². The van der Waals surface area contributed by atoms with E-state index in [9.17, 15) is 4.79 Å². The lowest BCUT2D eigenvalue weighted by Gasteiger charge is -2.01. The number of anilines is 1. The molecule has 0 aliphatic rings. The fourth-order valence-electron chi connectivity index (χ4n) is 1.06. The molecule has 0 saturated carbocycles. The predicted octanol–water partition coefficient (Wildman–Crippen LogP) is 3.60. The van der Waals surface area contributed by atoms with Crippen LogP contribution in [0.5, 0.6) is 0 Å². The molecule has 0 spiro atoms. The third kappa shape index (κ3) is 4.51. The number of halogens is 2. The minimum Gasteiger partial charge on any atom is -0.397 e. The average molecular weight is 288 g/mol. The van der Waals surface area contributed by atoms with Gasteiger partial charge in [-0.1, -0.05) is 46.8 Å². The first-order valence-corrected chi connectivity index (χ1v) is 6.62. The fourth-order valence-corrected chi connectivity index (χ4v) is 1.94.